The van der Waals surface area contributed by atoms with Gasteiger partial charge >= 0.3 is 12.6 Å². The third-order valence-electron chi connectivity index (χ3n) is 4.92. The molecule has 1 aliphatic carbocycles. The molecule has 0 aromatic heterocycles. The van der Waals surface area contributed by atoms with Gasteiger partial charge in [0, 0.05) is 12.1 Å². The fraction of sp³-hybridized carbons (Fsp3) is 0.524. The molecule has 3 unspecified atom stereocenters. The van der Waals surface area contributed by atoms with E-state index in [-0.39, 0.29) is 23.4 Å². The minimum atomic E-state index is -2.97. The molecule has 0 heterocycles. The van der Waals surface area contributed by atoms with Crippen LogP contribution in [0.1, 0.15) is 45.1 Å². The number of ether oxygens (including phenoxy) is 3. The van der Waals surface area contributed by atoms with Gasteiger partial charge in [0.05, 0.1) is 7.11 Å². The van der Waals surface area contributed by atoms with Crippen LogP contribution in [0, 0.1) is 5.92 Å². The van der Waals surface area contributed by atoms with Crippen LogP contribution in [-0.4, -0.2) is 37.7 Å². The standard InChI is InChI=1S/C21H27F2NO5/c1-13-6-4-5-7-16(13)24-20(26)14(2)28-19(25)11-9-15-8-10-17(29-21(22)23)18(12-15)27-3/h8-14,16,21H,4-7H2,1-3H3,(H,24,26)/b11-9+. The first-order chi connectivity index (χ1) is 13.8. The number of rotatable bonds is 8. The lowest BCUT2D eigenvalue weighted by atomic mass is 9.86. The summed E-state index contributed by atoms with van der Waals surface area (Å²) in [5, 5.41) is 2.95. The van der Waals surface area contributed by atoms with Crippen molar-refractivity contribution in [1.29, 1.82) is 0 Å². The van der Waals surface area contributed by atoms with Crippen LogP contribution < -0.4 is 14.8 Å². The minimum absolute atomic E-state index is 0.106. The van der Waals surface area contributed by atoms with Gasteiger partial charge in [-0.1, -0.05) is 25.8 Å². The second-order valence-corrected chi connectivity index (χ2v) is 7.08. The molecule has 6 nitrogen and oxygen atoms in total. The zero-order chi connectivity index (χ0) is 21.4. The van der Waals surface area contributed by atoms with E-state index in [0.29, 0.717) is 11.5 Å². The van der Waals surface area contributed by atoms with Crippen molar-refractivity contribution in [3.63, 3.8) is 0 Å². The predicted octanol–water partition coefficient (Wildman–Crippen LogP) is 3.94. The van der Waals surface area contributed by atoms with Gasteiger partial charge in [0.1, 0.15) is 0 Å². The van der Waals surface area contributed by atoms with Crippen molar-refractivity contribution in [3.05, 3.63) is 29.8 Å². The number of amides is 1. The number of esters is 1. The van der Waals surface area contributed by atoms with E-state index in [2.05, 4.69) is 17.0 Å². The number of hydrogen-bond donors (Lipinski definition) is 1. The number of alkyl halides is 2. The molecule has 160 valence electrons. The Bertz CT molecular complexity index is 738. The lowest BCUT2D eigenvalue weighted by Gasteiger charge is -2.30. The molecule has 1 aromatic rings. The Kier molecular flexibility index (Phi) is 8.42. The summed E-state index contributed by atoms with van der Waals surface area (Å²) in [4.78, 5) is 24.3. The van der Waals surface area contributed by atoms with Gasteiger partial charge in [-0.3, -0.25) is 4.79 Å². The van der Waals surface area contributed by atoms with Gasteiger partial charge in [-0.25, -0.2) is 4.79 Å². The SMILES string of the molecule is COc1cc(/C=C/C(=O)OC(C)C(=O)NC2CCCCC2C)ccc1OC(F)F. The van der Waals surface area contributed by atoms with Crippen LogP contribution in [0.15, 0.2) is 24.3 Å². The molecule has 0 bridgehead atoms. The van der Waals surface area contributed by atoms with Gasteiger partial charge in [0.15, 0.2) is 17.6 Å². The van der Waals surface area contributed by atoms with Gasteiger partial charge < -0.3 is 19.5 Å². The second-order valence-electron chi connectivity index (χ2n) is 7.08. The molecular formula is C21H27F2NO5. The van der Waals surface area contributed by atoms with Gasteiger partial charge in [0.2, 0.25) is 0 Å². The zero-order valence-corrected chi connectivity index (χ0v) is 16.8. The second kappa shape index (κ2) is 10.8. The maximum Gasteiger partial charge on any atom is 0.387 e. The molecular weight excluding hydrogens is 384 g/mol. The highest BCUT2D eigenvalue weighted by atomic mass is 19.3. The van der Waals surface area contributed by atoms with E-state index in [1.54, 1.807) is 0 Å². The van der Waals surface area contributed by atoms with Crippen LogP contribution in [0.3, 0.4) is 0 Å². The van der Waals surface area contributed by atoms with E-state index in [4.69, 9.17) is 9.47 Å². The molecule has 1 saturated carbocycles. The maximum atomic E-state index is 12.4. The molecule has 8 heteroatoms. The summed E-state index contributed by atoms with van der Waals surface area (Å²) >= 11 is 0. The van der Waals surface area contributed by atoms with Crippen molar-refractivity contribution in [2.24, 2.45) is 5.92 Å². The van der Waals surface area contributed by atoms with Crippen molar-refractivity contribution >= 4 is 18.0 Å². The first kappa shape index (κ1) is 22.6. The predicted molar refractivity (Wildman–Crippen MR) is 104 cm³/mol. The number of benzene rings is 1. The van der Waals surface area contributed by atoms with Crippen LogP contribution in [0.4, 0.5) is 8.78 Å². The van der Waals surface area contributed by atoms with Gasteiger partial charge in [-0.15, -0.1) is 0 Å². The molecule has 0 radical (unpaired) electrons. The molecule has 1 N–H and O–H groups in total. The zero-order valence-electron chi connectivity index (χ0n) is 16.8. The summed E-state index contributed by atoms with van der Waals surface area (Å²) < 4.78 is 39.2. The van der Waals surface area contributed by atoms with E-state index in [1.807, 2.05) is 0 Å². The Balaban J connectivity index is 1.90. The average Bonchev–Trinajstić information content (AvgIpc) is 2.68. The first-order valence-electron chi connectivity index (χ1n) is 9.62. The Morgan fingerprint density at radius 1 is 1.21 bits per heavy atom. The fourth-order valence-electron chi connectivity index (χ4n) is 3.24. The number of nitrogens with one attached hydrogen (secondary N) is 1. The number of hydrogen-bond acceptors (Lipinski definition) is 5. The van der Waals surface area contributed by atoms with Gasteiger partial charge in [0.25, 0.3) is 5.91 Å². The molecule has 1 aliphatic rings. The molecule has 29 heavy (non-hydrogen) atoms. The van der Waals surface area contributed by atoms with E-state index in [9.17, 15) is 18.4 Å². The molecule has 0 spiro atoms. The summed E-state index contributed by atoms with van der Waals surface area (Å²) in [7, 11) is 1.32. The lowest BCUT2D eigenvalue weighted by Crippen LogP contribution is -2.45. The third kappa shape index (κ3) is 7.03. The summed E-state index contributed by atoms with van der Waals surface area (Å²) in [6.07, 6.45) is 5.94. The van der Waals surface area contributed by atoms with E-state index < -0.39 is 18.7 Å². The number of carbonyl (C=O) groups is 2. The molecule has 1 amide bonds. The molecule has 0 aliphatic heterocycles. The summed E-state index contributed by atoms with van der Waals surface area (Å²) in [6.45, 7) is 0.660. The van der Waals surface area contributed by atoms with Crippen molar-refractivity contribution in [1.82, 2.24) is 5.32 Å². The van der Waals surface area contributed by atoms with E-state index in [1.165, 1.54) is 44.7 Å². The van der Waals surface area contributed by atoms with Gasteiger partial charge in [-0.2, -0.15) is 8.78 Å². The molecule has 0 saturated heterocycles. The monoisotopic (exact) mass is 411 g/mol. The summed E-state index contributed by atoms with van der Waals surface area (Å²) in [5.41, 5.74) is 0.522. The fourth-order valence-corrected chi connectivity index (χ4v) is 3.24. The van der Waals surface area contributed by atoms with Gasteiger partial charge in [-0.05, 0) is 49.5 Å². The number of methoxy groups -OCH3 is 1. The Labute approximate surface area is 169 Å². The Morgan fingerprint density at radius 2 is 1.93 bits per heavy atom. The smallest absolute Gasteiger partial charge is 0.387 e. The average molecular weight is 411 g/mol. The summed E-state index contributed by atoms with van der Waals surface area (Å²) in [6, 6.07) is 4.36. The highest BCUT2D eigenvalue weighted by molar-refractivity contribution is 5.90. The van der Waals surface area contributed by atoms with Crippen LogP contribution in [0.25, 0.3) is 6.08 Å². The number of halogens is 2. The number of carbonyl (C=O) groups excluding carboxylic acids is 2. The normalized spacial score (nSPS) is 20.3. The minimum Gasteiger partial charge on any atom is -0.493 e. The molecule has 3 atom stereocenters. The molecule has 1 aromatic carbocycles. The van der Waals surface area contributed by atoms with Crippen molar-refractivity contribution in [2.45, 2.75) is 58.3 Å². The van der Waals surface area contributed by atoms with Crippen LogP contribution in [0.2, 0.25) is 0 Å². The molecule has 1 fully saturated rings. The van der Waals surface area contributed by atoms with E-state index >= 15 is 0 Å². The van der Waals surface area contributed by atoms with Crippen LogP contribution >= 0.6 is 0 Å². The highest BCUT2D eigenvalue weighted by Gasteiger charge is 2.26. The maximum absolute atomic E-state index is 12.4. The Hall–Kier alpha value is -2.64. The quantitative estimate of drug-likeness (QED) is 0.518. The van der Waals surface area contributed by atoms with E-state index in [0.717, 1.165) is 25.3 Å². The summed E-state index contributed by atoms with van der Waals surface area (Å²) in [5.74, 6) is -0.598. The largest absolute Gasteiger partial charge is 0.493 e. The first-order valence-corrected chi connectivity index (χ1v) is 9.62. The highest BCUT2D eigenvalue weighted by Crippen LogP contribution is 2.30. The van der Waals surface area contributed by atoms with Crippen LogP contribution in [-0.2, 0) is 14.3 Å². The third-order valence-corrected chi connectivity index (χ3v) is 4.92. The topological polar surface area (TPSA) is 73.9 Å². The van der Waals surface area contributed by atoms with Crippen molar-refractivity contribution in [2.75, 3.05) is 7.11 Å². The van der Waals surface area contributed by atoms with Crippen molar-refractivity contribution < 1.29 is 32.6 Å². The molecule has 2 rings (SSSR count). The lowest BCUT2D eigenvalue weighted by molar-refractivity contribution is -0.150. The van der Waals surface area contributed by atoms with Crippen LogP contribution in [0.5, 0.6) is 11.5 Å². The Morgan fingerprint density at radius 3 is 2.59 bits per heavy atom. The van der Waals surface area contributed by atoms with Crippen molar-refractivity contribution in [3.8, 4) is 11.5 Å².